The molecule has 3 aromatic carbocycles. The first-order chi connectivity index (χ1) is 23.5. The number of rotatable bonds is 7. The Balaban J connectivity index is 1.48. The second kappa shape index (κ2) is 13.5. The van der Waals surface area contributed by atoms with Crippen LogP contribution in [0.15, 0.2) is 30.3 Å². The number of fused-ring (bicyclic) bond motifs is 3. The van der Waals surface area contributed by atoms with Gasteiger partial charge in [0.05, 0.1) is 29.3 Å². The van der Waals surface area contributed by atoms with Crippen molar-refractivity contribution in [2.75, 3.05) is 26.7 Å². The van der Waals surface area contributed by atoms with Crippen LogP contribution in [-0.2, 0) is 42.1 Å². The van der Waals surface area contributed by atoms with Crippen molar-refractivity contribution in [3.05, 3.63) is 75.3 Å². The lowest BCUT2D eigenvalue weighted by Gasteiger charge is -2.32. The average Bonchev–Trinajstić information content (AvgIpc) is 3.38. The normalized spacial score (nSPS) is 15.2. The molecule has 264 valence electrons. The molecular weight excluding hydrogens is 653 g/mol. The quantitative estimate of drug-likeness (QED) is 0.142. The zero-order valence-corrected chi connectivity index (χ0v) is 31.5. The number of likely N-dealkylation sites (N-methyl/N-ethyl adjacent to an activating group) is 1. The molecule has 0 spiro atoms. The van der Waals surface area contributed by atoms with Crippen LogP contribution in [0.1, 0.15) is 54.2 Å². The highest BCUT2D eigenvalue weighted by molar-refractivity contribution is 6.76. The van der Waals surface area contributed by atoms with Gasteiger partial charge in [-0.15, -0.1) is 0 Å². The number of carbonyl (C=O) groups is 1. The van der Waals surface area contributed by atoms with Gasteiger partial charge in [0.25, 0.3) is 0 Å². The van der Waals surface area contributed by atoms with E-state index in [9.17, 15) is 10.1 Å². The van der Waals surface area contributed by atoms with Gasteiger partial charge in [-0.05, 0) is 106 Å². The summed E-state index contributed by atoms with van der Waals surface area (Å²) in [5.41, 5.74) is 5.95. The number of benzene rings is 3. The first kappa shape index (κ1) is 35.7. The number of ether oxygens (including phenoxy) is 2. The molecule has 11 heteroatoms. The highest BCUT2D eigenvalue weighted by atomic mass is 28.3. The summed E-state index contributed by atoms with van der Waals surface area (Å²) in [6.45, 7) is 17.1. The lowest BCUT2D eigenvalue weighted by Crippen LogP contribution is -2.40. The highest BCUT2D eigenvalue weighted by Gasteiger charge is 2.31. The van der Waals surface area contributed by atoms with Crippen LogP contribution in [0.25, 0.3) is 33.3 Å². The minimum Gasteiger partial charge on any atom is -0.444 e. The van der Waals surface area contributed by atoms with E-state index >= 15 is 8.78 Å². The number of nitriles is 1. The SMILES string of the molecule is Cc1cc(-c2nn(COCC[Si](C)(C)C)c3cc(C#N)c(-c4c(F)cc5c(c4F)CN(C(=O)OC(C)(C)C)CC5)cc23)cc2c1CCN(C)C2. The molecule has 1 aromatic heterocycles. The van der Waals surface area contributed by atoms with Crippen LogP contribution in [-0.4, -0.2) is 66.1 Å². The van der Waals surface area contributed by atoms with Crippen molar-refractivity contribution in [2.24, 2.45) is 0 Å². The molecule has 50 heavy (non-hydrogen) atoms. The largest absolute Gasteiger partial charge is 0.444 e. The average molecular weight is 700 g/mol. The Morgan fingerprint density at radius 2 is 1.78 bits per heavy atom. The van der Waals surface area contributed by atoms with Gasteiger partial charge in [0.2, 0.25) is 0 Å². The second-order valence-electron chi connectivity index (χ2n) is 16.0. The highest BCUT2D eigenvalue weighted by Crippen LogP contribution is 2.40. The third kappa shape index (κ3) is 7.34. The minimum absolute atomic E-state index is 0.0612. The van der Waals surface area contributed by atoms with E-state index in [1.807, 2.05) is 0 Å². The summed E-state index contributed by atoms with van der Waals surface area (Å²) in [6, 6.07) is 12.2. The molecule has 0 saturated carbocycles. The van der Waals surface area contributed by atoms with Gasteiger partial charge in [-0.25, -0.2) is 18.3 Å². The number of hydrogen-bond acceptors (Lipinski definition) is 6. The predicted octanol–water partition coefficient (Wildman–Crippen LogP) is 8.42. The molecule has 2 aliphatic heterocycles. The summed E-state index contributed by atoms with van der Waals surface area (Å²) in [5.74, 6) is -1.53. The van der Waals surface area contributed by atoms with E-state index in [0.717, 1.165) is 31.1 Å². The molecule has 0 N–H and O–H groups in total. The summed E-state index contributed by atoms with van der Waals surface area (Å²) < 4.78 is 46.1. The monoisotopic (exact) mass is 699 g/mol. The maximum atomic E-state index is 16.6. The van der Waals surface area contributed by atoms with Crippen LogP contribution in [0.5, 0.6) is 0 Å². The Kier molecular flexibility index (Phi) is 9.67. The van der Waals surface area contributed by atoms with E-state index in [1.54, 1.807) is 37.6 Å². The number of carbonyl (C=O) groups excluding carboxylic acids is 1. The Labute approximate surface area is 294 Å². The molecule has 3 heterocycles. The summed E-state index contributed by atoms with van der Waals surface area (Å²) in [6.07, 6.45) is 0.702. The number of nitrogens with zero attached hydrogens (tertiary/aromatic N) is 5. The summed E-state index contributed by atoms with van der Waals surface area (Å²) in [5, 5.41) is 16.1. The van der Waals surface area contributed by atoms with Crippen molar-refractivity contribution in [3.8, 4) is 28.5 Å². The van der Waals surface area contributed by atoms with Gasteiger partial charge in [0.1, 0.15) is 29.7 Å². The Hall–Kier alpha value is -4.11. The van der Waals surface area contributed by atoms with Gasteiger partial charge >= 0.3 is 6.09 Å². The molecule has 8 nitrogen and oxygen atoms in total. The van der Waals surface area contributed by atoms with Crippen molar-refractivity contribution in [1.29, 1.82) is 5.26 Å². The van der Waals surface area contributed by atoms with Crippen LogP contribution in [0, 0.1) is 29.9 Å². The number of hydrogen-bond donors (Lipinski definition) is 0. The zero-order valence-electron chi connectivity index (χ0n) is 30.5. The molecule has 6 rings (SSSR count). The third-order valence-electron chi connectivity index (χ3n) is 9.58. The van der Waals surface area contributed by atoms with Crippen molar-refractivity contribution < 1.29 is 23.0 Å². The van der Waals surface area contributed by atoms with Crippen molar-refractivity contribution in [2.45, 2.75) is 91.6 Å². The number of aryl methyl sites for hydroxylation is 1. The third-order valence-corrected chi connectivity index (χ3v) is 11.3. The lowest BCUT2D eigenvalue weighted by atomic mass is 9.89. The van der Waals surface area contributed by atoms with Crippen LogP contribution in [0.2, 0.25) is 25.7 Å². The molecule has 1 amide bonds. The predicted molar refractivity (Wildman–Crippen MR) is 194 cm³/mol. The fourth-order valence-corrected chi connectivity index (χ4v) is 7.67. The van der Waals surface area contributed by atoms with Gasteiger partial charge in [-0.2, -0.15) is 10.4 Å². The van der Waals surface area contributed by atoms with E-state index < -0.39 is 31.4 Å². The van der Waals surface area contributed by atoms with Gasteiger partial charge < -0.3 is 19.3 Å². The Morgan fingerprint density at radius 3 is 2.48 bits per heavy atom. The van der Waals surface area contributed by atoms with Gasteiger partial charge in [-0.1, -0.05) is 19.6 Å². The van der Waals surface area contributed by atoms with Crippen LogP contribution >= 0.6 is 0 Å². The number of halogens is 2. The first-order valence-electron chi connectivity index (χ1n) is 17.3. The summed E-state index contributed by atoms with van der Waals surface area (Å²) in [4.78, 5) is 16.6. The molecule has 0 radical (unpaired) electrons. The number of aromatic nitrogens is 2. The smallest absolute Gasteiger partial charge is 0.410 e. The summed E-state index contributed by atoms with van der Waals surface area (Å²) in [7, 11) is 0.781. The zero-order chi connectivity index (χ0) is 36.1. The van der Waals surface area contributed by atoms with Crippen molar-refractivity contribution in [3.63, 3.8) is 0 Å². The molecule has 0 fully saturated rings. The maximum Gasteiger partial charge on any atom is 0.410 e. The van der Waals surface area contributed by atoms with Crippen molar-refractivity contribution in [1.82, 2.24) is 19.6 Å². The lowest BCUT2D eigenvalue weighted by molar-refractivity contribution is 0.0221. The van der Waals surface area contributed by atoms with E-state index in [1.165, 1.54) is 27.7 Å². The fraction of sp³-hybridized carbons (Fsp3) is 0.462. The molecule has 0 saturated heterocycles. The minimum atomic E-state index is -1.33. The second-order valence-corrected chi connectivity index (χ2v) is 21.6. The Bertz CT molecular complexity index is 2020. The van der Waals surface area contributed by atoms with E-state index in [-0.39, 0.29) is 48.5 Å². The van der Waals surface area contributed by atoms with E-state index in [4.69, 9.17) is 14.6 Å². The van der Waals surface area contributed by atoms with Gasteiger partial charge in [0, 0.05) is 56.4 Å². The molecule has 2 aliphatic rings. The molecule has 0 bridgehead atoms. The van der Waals surface area contributed by atoms with E-state index in [2.05, 4.69) is 56.7 Å². The molecule has 0 atom stereocenters. The fourth-order valence-electron chi connectivity index (χ4n) is 6.92. The molecule has 0 aliphatic carbocycles. The van der Waals surface area contributed by atoms with Crippen molar-refractivity contribution >= 4 is 25.1 Å². The summed E-state index contributed by atoms with van der Waals surface area (Å²) >= 11 is 0. The standard InChI is InChI=1S/C39H47F2N5O3Si/c1-24-15-26(16-28-21-44(5)11-10-29(24)28)37-31-19-30(27(20-42)18-34(31)46(43-37)23-48-13-14-50(6,7)8)35-33(40)17-25-9-12-45(22-32(25)36(35)41)38(47)49-39(2,3)4/h15-19H,9-14,21-23H2,1-8H3. The molecule has 0 unspecified atom stereocenters. The Morgan fingerprint density at radius 1 is 1.02 bits per heavy atom. The molecular formula is C39H47F2N5O3Si. The topological polar surface area (TPSA) is 83.6 Å². The van der Waals surface area contributed by atoms with Gasteiger partial charge in [0.15, 0.2) is 0 Å². The maximum absolute atomic E-state index is 16.6. The van der Waals surface area contributed by atoms with Crippen LogP contribution in [0.4, 0.5) is 13.6 Å². The van der Waals surface area contributed by atoms with Crippen LogP contribution < -0.4 is 0 Å². The number of amides is 1. The first-order valence-corrected chi connectivity index (χ1v) is 21.1. The van der Waals surface area contributed by atoms with E-state index in [0.29, 0.717) is 28.8 Å². The molecule has 4 aromatic rings. The van der Waals surface area contributed by atoms with Gasteiger partial charge in [-0.3, -0.25) is 0 Å². The van der Waals surface area contributed by atoms with Crippen LogP contribution in [0.3, 0.4) is 0 Å².